The number of para-hydroxylation sites is 5. The number of rotatable bonds is 7. The Balaban J connectivity index is 1.01. The monoisotopic (exact) mass is 969 g/mol. The molecule has 354 valence electrons. The van der Waals surface area contributed by atoms with Crippen LogP contribution in [0.25, 0.3) is 144 Å². The number of nitrogens with zero attached hydrogens (tertiary/aromatic N) is 7. The molecule has 0 unspecified atom stereocenters. The van der Waals surface area contributed by atoms with E-state index < -0.39 is 0 Å². The Morgan fingerprint density at radius 1 is 0.224 bits per heavy atom. The third-order valence-corrected chi connectivity index (χ3v) is 15.4. The highest BCUT2D eigenvalue weighted by Crippen LogP contribution is 2.47. The van der Waals surface area contributed by atoms with Crippen LogP contribution in [0.4, 0.5) is 0 Å². The zero-order chi connectivity index (χ0) is 49.8. The van der Waals surface area contributed by atoms with E-state index in [1.165, 1.54) is 43.4 Å². The van der Waals surface area contributed by atoms with Gasteiger partial charge in [0.2, 0.25) is 0 Å². The fourth-order valence-corrected chi connectivity index (χ4v) is 12.2. The highest BCUT2D eigenvalue weighted by Gasteiger charge is 2.26. The molecule has 16 aromatic rings. The second-order valence-electron chi connectivity index (χ2n) is 19.5. The van der Waals surface area contributed by atoms with Crippen molar-refractivity contribution >= 4 is 87.2 Å². The minimum absolute atomic E-state index is 0.622. The Bertz CT molecular complexity index is 4900. The average Bonchev–Trinajstić information content (AvgIpc) is 4.44. The van der Waals surface area contributed by atoms with Gasteiger partial charge in [0.25, 0.3) is 0 Å². The molecule has 0 aliphatic heterocycles. The molecular formula is C69H43N7. The topological polar surface area (TPSA) is 58.4 Å². The van der Waals surface area contributed by atoms with E-state index in [-0.39, 0.29) is 0 Å². The van der Waals surface area contributed by atoms with Crippen molar-refractivity contribution in [2.45, 2.75) is 0 Å². The lowest BCUT2D eigenvalue weighted by Crippen LogP contribution is -2.00. The summed E-state index contributed by atoms with van der Waals surface area (Å²) in [6.45, 7) is 0. The summed E-state index contributed by atoms with van der Waals surface area (Å²) in [5.41, 5.74) is 16.3. The van der Waals surface area contributed by atoms with Crippen LogP contribution in [0.15, 0.2) is 261 Å². The van der Waals surface area contributed by atoms with Crippen molar-refractivity contribution in [3.8, 4) is 56.9 Å². The first-order chi connectivity index (χ1) is 37.7. The first kappa shape index (κ1) is 42.2. The first-order valence-corrected chi connectivity index (χ1v) is 25.8. The van der Waals surface area contributed by atoms with Crippen LogP contribution in [0.5, 0.6) is 0 Å². The van der Waals surface area contributed by atoms with Crippen molar-refractivity contribution in [1.29, 1.82) is 0 Å². The molecule has 0 fully saturated rings. The Morgan fingerprint density at radius 2 is 0.632 bits per heavy atom. The van der Waals surface area contributed by atoms with Crippen LogP contribution in [0.3, 0.4) is 0 Å². The summed E-state index contributed by atoms with van der Waals surface area (Å²) >= 11 is 0. The van der Waals surface area contributed by atoms with Gasteiger partial charge >= 0.3 is 0 Å². The zero-order valence-electron chi connectivity index (χ0n) is 41.0. The Labute approximate surface area is 436 Å². The second kappa shape index (κ2) is 16.6. The predicted octanol–water partition coefficient (Wildman–Crippen LogP) is 17.3. The van der Waals surface area contributed by atoms with Gasteiger partial charge in [-0.25, -0.2) is 15.0 Å². The average molecular weight is 970 g/mol. The van der Waals surface area contributed by atoms with Crippen LogP contribution < -0.4 is 0 Å². The smallest absolute Gasteiger partial charge is 0.164 e. The molecule has 7 heteroatoms. The van der Waals surface area contributed by atoms with E-state index in [4.69, 9.17) is 15.0 Å². The zero-order valence-corrected chi connectivity index (χ0v) is 41.0. The van der Waals surface area contributed by atoms with Gasteiger partial charge in [0.1, 0.15) is 0 Å². The number of hydrogen-bond acceptors (Lipinski definition) is 3. The third-order valence-electron chi connectivity index (χ3n) is 15.4. The van der Waals surface area contributed by atoms with Crippen molar-refractivity contribution in [1.82, 2.24) is 33.2 Å². The normalized spacial score (nSPS) is 11.9. The van der Waals surface area contributed by atoms with Gasteiger partial charge in [-0.1, -0.05) is 176 Å². The van der Waals surface area contributed by atoms with Gasteiger partial charge in [-0.3, -0.25) is 0 Å². The van der Waals surface area contributed by atoms with Crippen molar-refractivity contribution in [3.63, 3.8) is 0 Å². The van der Waals surface area contributed by atoms with Crippen molar-refractivity contribution in [2.75, 3.05) is 0 Å². The molecule has 16 rings (SSSR count). The van der Waals surface area contributed by atoms with Gasteiger partial charge in [0, 0.05) is 82.5 Å². The van der Waals surface area contributed by atoms with Gasteiger partial charge in [0.15, 0.2) is 17.5 Å². The highest BCUT2D eigenvalue weighted by molar-refractivity contribution is 6.29. The van der Waals surface area contributed by atoms with E-state index in [0.717, 1.165) is 83.3 Å². The minimum Gasteiger partial charge on any atom is -0.309 e. The lowest BCUT2D eigenvalue weighted by Gasteiger charge is -2.11. The summed E-state index contributed by atoms with van der Waals surface area (Å²) in [5, 5.41) is 9.38. The fourth-order valence-electron chi connectivity index (χ4n) is 12.2. The van der Waals surface area contributed by atoms with E-state index in [0.29, 0.717) is 17.5 Å². The van der Waals surface area contributed by atoms with Crippen LogP contribution in [-0.4, -0.2) is 33.2 Å². The van der Waals surface area contributed by atoms with E-state index in [2.05, 4.69) is 243 Å². The summed E-state index contributed by atoms with van der Waals surface area (Å²) in [5.74, 6) is 1.88. The van der Waals surface area contributed by atoms with Crippen LogP contribution in [0.2, 0.25) is 0 Å². The summed E-state index contributed by atoms with van der Waals surface area (Å²) in [7, 11) is 0. The molecule has 0 saturated heterocycles. The molecule has 0 radical (unpaired) electrons. The van der Waals surface area contributed by atoms with Crippen LogP contribution in [-0.2, 0) is 0 Å². The maximum absolute atomic E-state index is 5.28. The maximum atomic E-state index is 5.28. The quantitative estimate of drug-likeness (QED) is 0.160. The van der Waals surface area contributed by atoms with E-state index in [1.807, 2.05) is 36.4 Å². The number of hydrogen-bond donors (Lipinski definition) is 0. The van der Waals surface area contributed by atoms with Crippen LogP contribution in [0, 0.1) is 0 Å². The maximum Gasteiger partial charge on any atom is 0.164 e. The molecule has 5 aromatic heterocycles. The molecule has 0 N–H and O–H groups in total. The van der Waals surface area contributed by atoms with Gasteiger partial charge in [-0.05, 0) is 84.9 Å². The van der Waals surface area contributed by atoms with Crippen LogP contribution >= 0.6 is 0 Å². The van der Waals surface area contributed by atoms with Gasteiger partial charge in [-0.15, -0.1) is 0 Å². The molecule has 0 atom stereocenters. The van der Waals surface area contributed by atoms with Crippen molar-refractivity contribution < 1.29 is 0 Å². The second-order valence-corrected chi connectivity index (χ2v) is 19.5. The molecule has 0 amide bonds. The SMILES string of the molecule is c1ccc(-c2nc(-c3ccccc3)nc(-c3cccc4c3c3ccc5c(c6ccccc6n5-c5ccc6c(c5)c5c(ccc7c8ccccc8n(-c8ccccc8)c75)n6-c5ccccc5)c3n4-c3ccccc3)n2)cc1. The molecule has 0 aliphatic rings. The standard InChI is InChI=1S/C69H43N7/c1-6-21-44(22-7-1)67-70-68(45-23-8-2-9-24-45)72-69(71-67)54-33-20-36-59-62(54)53-39-42-60-63(66(53)76(59)48-29-14-5-15-30-48)52-32-17-19-35-57(52)74(60)49-37-40-58-55(43-49)64-61(73(58)46-25-10-3-11-26-46)41-38-51-50-31-16-18-34-56(50)75(65(51)64)47-27-12-4-13-28-47/h1-43H. The molecule has 0 spiro atoms. The van der Waals surface area contributed by atoms with Crippen molar-refractivity contribution in [3.05, 3.63) is 261 Å². The summed E-state index contributed by atoms with van der Waals surface area (Å²) in [4.78, 5) is 15.6. The minimum atomic E-state index is 0.622. The Kier molecular flexibility index (Phi) is 9.20. The first-order valence-electron chi connectivity index (χ1n) is 25.8. The van der Waals surface area contributed by atoms with Gasteiger partial charge in [0.05, 0.1) is 44.1 Å². The van der Waals surface area contributed by atoms with Gasteiger partial charge < -0.3 is 18.3 Å². The Hall–Kier alpha value is -10.4. The summed E-state index contributed by atoms with van der Waals surface area (Å²) in [6.07, 6.45) is 0. The summed E-state index contributed by atoms with van der Waals surface area (Å²) < 4.78 is 9.81. The fraction of sp³-hybridized carbons (Fsp3) is 0. The molecule has 5 heterocycles. The molecule has 0 saturated carbocycles. The Morgan fingerprint density at radius 3 is 1.25 bits per heavy atom. The summed E-state index contributed by atoms with van der Waals surface area (Å²) in [6, 6.07) is 93.3. The lowest BCUT2D eigenvalue weighted by atomic mass is 10.0. The van der Waals surface area contributed by atoms with Gasteiger partial charge in [-0.2, -0.15) is 0 Å². The lowest BCUT2D eigenvalue weighted by molar-refractivity contribution is 1.08. The molecular weight excluding hydrogens is 927 g/mol. The number of benzene rings is 11. The number of fused-ring (bicyclic) bond motifs is 14. The van der Waals surface area contributed by atoms with Crippen LogP contribution in [0.1, 0.15) is 0 Å². The van der Waals surface area contributed by atoms with E-state index >= 15 is 0 Å². The molecule has 0 aliphatic carbocycles. The van der Waals surface area contributed by atoms with Crippen molar-refractivity contribution in [2.24, 2.45) is 0 Å². The molecule has 76 heavy (non-hydrogen) atoms. The third kappa shape index (κ3) is 6.20. The van der Waals surface area contributed by atoms with E-state index in [1.54, 1.807) is 0 Å². The number of aromatic nitrogens is 7. The molecule has 0 bridgehead atoms. The highest BCUT2D eigenvalue weighted by atomic mass is 15.1. The van der Waals surface area contributed by atoms with E-state index in [9.17, 15) is 0 Å². The predicted molar refractivity (Wildman–Crippen MR) is 313 cm³/mol. The largest absolute Gasteiger partial charge is 0.309 e. The molecule has 7 nitrogen and oxygen atoms in total. The molecule has 11 aromatic carbocycles.